The fourth-order valence-corrected chi connectivity index (χ4v) is 2.13. The van der Waals surface area contributed by atoms with Gasteiger partial charge in [0.05, 0.1) is 0 Å². The molecule has 2 aromatic rings. The van der Waals surface area contributed by atoms with Gasteiger partial charge in [0.15, 0.2) is 5.69 Å². The van der Waals surface area contributed by atoms with E-state index >= 15 is 0 Å². The smallest absolute Gasteiger partial charge is 0.396 e. The molecule has 0 saturated carbocycles. The molecule has 2 rings (SSSR count). The maximum absolute atomic E-state index is 13.0. The molecule has 3 N–H and O–H groups in total. The Hall–Kier alpha value is -1.87. The van der Waals surface area contributed by atoms with E-state index in [4.69, 9.17) is 5.11 Å². The van der Waals surface area contributed by atoms with Gasteiger partial charge in [0.25, 0.3) is 0 Å². The molecule has 0 saturated heterocycles. The van der Waals surface area contributed by atoms with E-state index in [2.05, 4.69) is 36.5 Å². The number of aromatic nitrogens is 2. The maximum atomic E-state index is 13.0. The van der Waals surface area contributed by atoms with Crippen molar-refractivity contribution >= 4 is 33.4 Å². The minimum absolute atomic E-state index is 0.0329. The number of aliphatic hydroxyl groups is 1. The summed E-state index contributed by atoms with van der Waals surface area (Å²) in [6.07, 6.45) is -4.20. The van der Waals surface area contributed by atoms with Crippen molar-refractivity contribution in [3.63, 3.8) is 0 Å². The Kier molecular flexibility index (Phi) is 6.00. The third-order valence-corrected chi connectivity index (χ3v) is 3.95. The van der Waals surface area contributed by atoms with Crippen LogP contribution in [0, 0.1) is 6.92 Å². The van der Waals surface area contributed by atoms with Crippen LogP contribution >= 0.6 is 15.9 Å². The molecule has 1 heterocycles. The largest absolute Gasteiger partial charge is 0.433 e. The minimum Gasteiger partial charge on any atom is -0.396 e. The zero-order chi connectivity index (χ0) is 17.7. The Bertz CT molecular complexity index is 710. The number of alkyl halides is 3. The van der Waals surface area contributed by atoms with E-state index in [0.717, 1.165) is 16.1 Å². The molecule has 1 aromatic carbocycles. The van der Waals surface area contributed by atoms with Crippen molar-refractivity contribution in [2.75, 3.05) is 23.8 Å². The molecule has 0 spiro atoms. The van der Waals surface area contributed by atoms with Crippen molar-refractivity contribution in [1.29, 1.82) is 0 Å². The van der Waals surface area contributed by atoms with Crippen molar-refractivity contribution in [1.82, 2.24) is 9.97 Å². The molecule has 9 heteroatoms. The Labute approximate surface area is 145 Å². The Morgan fingerprint density at radius 1 is 1.21 bits per heavy atom. The third-order valence-electron chi connectivity index (χ3n) is 3.06. The van der Waals surface area contributed by atoms with Gasteiger partial charge < -0.3 is 15.7 Å². The zero-order valence-corrected chi connectivity index (χ0v) is 14.4. The highest BCUT2D eigenvalue weighted by molar-refractivity contribution is 9.10. The monoisotopic (exact) mass is 404 g/mol. The van der Waals surface area contributed by atoms with Gasteiger partial charge >= 0.3 is 6.18 Å². The minimum atomic E-state index is -4.58. The number of aliphatic hydroxyl groups excluding tert-OH is 1. The number of rotatable bonds is 6. The van der Waals surface area contributed by atoms with Crippen LogP contribution in [0.25, 0.3) is 0 Å². The molecule has 1 aromatic heterocycles. The molecule has 24 heavy (non-hydrogen) atoms. The van der Waals surface area contributed by atoms with Crippen LogP contribution in [-0.4, -0.2) is 28.2 Å². The van der Waals surface area contributed by atoms with Gasteiger partial charge in [-0.05, 0) is 37.1 Å². The van der Waals surface area contributed by atoms with Crippen molar-refractivity contribution in [3.05, 3.63) is 40.0 Å². The second-order valence-corrected chi connectivity index (χ2v) is 5.91. The third kappa shape index (κ3) is 5.07. The number of nitrogens with one attached hydrogen (secondary N) is 2. The number of anilines is 3. The fourth-order valence-electron chi connectivity index (χ4n) is 1.89. The van der Waals surface area contributed by atoms with Gasteiger partial charge in [-0.15, -0.1) is 0 Å². The zero-order valence-electron chi connectivity index (χ0n) is 12.8. The molecule has 0 fully saturated rings. The Balaban J connectivity index is 2.29. The summed E-state index contributed by atoms with van der Waals surface area (Å²) >= 11 is 3.37. The predicted octanol–water partition coefficient (Wildman–Crippen LogP) is 4.10. The number of halogens is 4. The average Bonchev–Trinajstić information content (AvgIpc) is 2.50. The van der Waals surface area contributed by atoms with E-state index in [1.54, 1.807) is 18.2 Å². The number of hydrogen-bond acceptors (Lipinski definition) is 5. The van der Waals surface area contributed by atoms with Crippen LogP contribution in [0.3, 0.4) is 0 Å². The standard InChI is InChI=1S/C15H16BrF3N4O/c1-9-7-10(3-4-11(9)16)21-13-8-12(15(17,18)19)22-14(23-13)20-5-2-6-24/h3-4,7-8,24H,2,5-6H2,1H3,(H2,20,21,22,23). The van der Waals surface area contributed by atoms with Gasteiger partial charge in [-0.25, -0.2) is 4.98 Å². The normalized spacial score (nSPS) is 11.4. The lowest BCUT2D eigenvalue weighted by Gasteiger charge is -2.13. The first kappa shape index (κ1) is 18.5. The molecule has 0 radical (unpaired) electrons. The van der Waals surface area contributed by atoms with E-state index in [-0.39, 0.29) is 24.9 Å². The van der Waals surface area contributed by atoms with Crippen LogP contribution in [0.5, 0.6) is 0 Å². The second-order valence-electron chi connectivity index (χ2n) is 5.05. The molecule has 0 aliphatic heterocycles. The molecule has 130 valence electrons. The lowest BCUT2D eigenvalue weighted by molar-refractivity contribution is -0.141. The quantitative estimate of drug-likeness (QED) is 0.632. The topological polar surface area (TPSA) is 70.1 Å². The van der Waals surface area contributed by atoms with Gasteiger partial charge in [-0.1, -0.05) is 15.9 Å². The van der Waals surface area contributed by atoms with Gasteiger partial charge in [0.2, 0.25) is 5.95 Å². The molecular formula is C15H16BrF3N4O. The SMILES string of the molecule is Cc1cc(Nc2cc(C(F)(F)F)nc(NCCCO)n2)ccc1Br. The summed E-state index contributed by atoms with van der Waals surface area (Å²) in [5.74, 6) is -0.111. The number of hydrogen-bond donors (Lipinski definition) is 3. The lowest BCUT2D eigenvalue weighted by atomic mass is 10.2. The van der Waals surface area contributed by atoms with Crippen molar-refractivity contribution in [2.45, 2.75) is 19.5 Å². The molecule has 5 nitrogen and oxygen atoms in total. The molecule has 0 amide bonds. The van der Waals surface area contributed by atoms with E-state index < -0.39 is 11.9 Å². The highest BCUT2D eigenvalue weighted by Gasteiger charge is 2.33. The number of benzene rings is 1. The summed E-state index contributed by atoms with van der Waals surface area (Å²) in [7, 11) is 0. The van der Waals surface area contributed by atoms with Gasteiger partial charge in [-0.2, -0.15) is 18.2 Å². The molecule has 0 aliphatic rings. The highest BCUT2D eigenvalue weighted by Crippen LogP contribution is 2.31. The van der Waals surface area contributed by atoms with Gasteiger partial charge in [0, 0.05) is 29.4 Å². The second kappa shape index (κ2) is 7.80. The summed E-state index contributed by atoms with van der Waals surface area (Å²) in [6.45, 7) is 2.07. The summed E-state index contributed by atoms with van der Waals surface area (Å²) in [5.41, 5.74) is 0.510. The molecule has 0 atom stereocenters. The van der Waals surface area contributed by atoms with Crippen molar-refractivity contribution in [2.24, 2.45) is 0 Å². The molecular weight excluding hydrogens is 389 g/mol. The average molecular weight is 405 g/mol. The van der Waals surface area contributed by atoms with Crippen LogP contribution in [-0.2, 0) is 6.18 Å². The maximum Gasteiger partial charge on any atom is 0.433 e. The Morgan fingerprint density at radius 3 is 2.58 bits per heavy atom. The van der Waals surface area contributed by atoms with Crippen LogP contribution in [0.15, 0.2) is 28.7 Å². The van der Waals surface area contributed by atoms with E-state index in [9.17, 15) is 13.2 Å². The van der Waals surface area contributed by atoms with Crippen LogP contribution in [0.2, 0.25) is 0 Å². The van der Waals surface area contributed by atoms with Crippen LogP contribution < -0.4 is 10.6 Å². The summed E-state index contributed by atoms with van der Waals surface area (Å²) in [5, 5.41) is 14.3. The molecule has 0 unspecified atom stereocenters. The number of aryl methyl sites for hydroxylation is 1. The highest BCUT2D eigenvalue weighted by atomic mass is 79.9. The Morgan fingerprint density at radius 2 is 1.96 bits per heavy atom. The van der Waals surface area contributed by atoms with Gasteiger partial charge in [0.1, 0.15) is 5.82 Å². The summed E-state index contributed by atoms with van der Waals surface area (Å²) in [6, 6.07) is 6.17. The van der Waals surface area contributed by atoms with E-state index in [1.807, 2.05) is 6.92 Å². The molecule has 0 bridgehead atoms. The summed E-state index contributed by atoms with van der Waals surface area (Å²) < 4.78 is 39.9. The van der Waals surface area contributed by atoms with E-state index in [1.165, 1.54) is 0 Å². The lowest BCUT2D eigenvalue weighted by Crippen LogP contribution is -2.14. The first-order valence-electron chi connectivity index (χ1n) is 7.14. The fraction of sp³-hybridized carbons (Fsp3) is 0.333. The first-order chi connectivity index (χ1) is 11.3. The van der Waals surface area contributed by atoms with Crippen molar-refractivity contribution < 1.29 is 18.3 Å². The van der Waals surface area contributed by atoms with Gasteiger partial charge in [-0.3, -0.25) is 0 Å². The number of nitrogens with zero attached hydrogens (tertiary/aromatic N) is 2. The first-order valence-corrected chi connectivity index (χ1v) is 7.93. The van der Waals surface area contributed by atoms with Crippen LogP contribution in [0.4, 0.5) is 30.6 Å². The van der Waals surface area contributed by atoms with Crippen LogP contribution in [0.1, 0.15) is 17.7 Å². The van der Waals surface area contributed by atoms with Crippen molar-refractivity contribution in [3.8, 4) is 0 Å². The molecule has 0 aliphatic carbocycles. The van der Waals surface area contributed by atoms with E-state index in [0.29, 0.717) is 12.1 Å². The summed E-state index contributed by atoms with van der Waals surface area (Å²) in [4.78, 5) is 7.51. The predicted molar refractivity (Wildman–Crippen MR) is 89.4 cm³/mol.